The summed E-state index contributed by atoms with van der Waals surface area (Å²) in [7, 11) is 4.68. The fraction of sp³-hybridized carbons (Fsp3) is 0.440. The van der Waals surface area contributed by atoms with E-state index in [-0.39, 0.29) is 46.9 Å². The van der Waals surface area contributed by atoms with E-state index in [1.807, 2.05) is 4.90 Å². The van der Waals surface area contributed by atoms with Gasteiger partial charge in [-0.2, -0.15) is 28.2 Å². The summed E-state index contributed by atoms with van der Waals surface area (Å²) in [6.07, 6.45) is -4.72. The average molecular weight is 566 g/mol. The number of carbonyl (C=O) groups excluding carboxylic acids is 1. The molecule has 3 aromatic rings. The first-order chi connectivity index (χ1) is 18.5. The SMILES string of the molecule is COc1nc2c(c(N3CCCn4nc(C(=O)N(C)C)c(Cl)c4C3)n1)COC(c1cc(N)ccc1C(F)(F)F)C2. The molecular weight excluding hydrogens is 539 g/mol. The van der Waals surface area contributed by atoms with E-state index in [4.69, 9.17) is 26.8 Å². The Morgan fingerprint density at radius 3 is 2.72 bits per heavy atom. The van der Waals surface area contributed by atoms with Crippen LogP contribution in [-0.2, 0) is 37.0 Å². The molecule has 4 heterocycles. The molecule has 5 rings (SSSR count). The number of hydrogen-bond donors (Lipinski definition) is 1. The highest BCUT2D eigenvalue weighted by molar-refractivity contribution is 6.34. The number of nitrogens with zero attached hydrogens (tertiary/aromatic N) is 6. The lowest BCUT2D eigenvalue weighted by atomic mass is 9.94. The van der Waals surface area contributed by atoms with Gasteiger partial charge in [0.15, 0.2) is 5.69 Å². The van der Waals surface area contributed by atoms with Crippen LogP contribution in [-0.4, -0.2) is 58.3 Å². The number of carbonyl (C=O) groups is 1. The van der Waals surface area contributed by atoms with Gasteiger partial charge in [0.1, 0.15) is 5.82 Å². The Kier molecular flexibility index (Phi) is 7.06. The van der Waals surface area contributed by atoms with Crippen molar-refractivity contribution in [2.75, 3.05) is 38.4 Å². The van der Waals surface area contributed by atoms with E-state index in [0.29, 0.717) is 48.8 Å². The molecule has 2 aliphatic heterocycles. The number of nitrogen functional groups attached to an aromatic ring is 1. The van der Waals surface area contributed by atoms with Crippen molar-refractivity contribution in [2.24, 2.45) is 0 Å². The van der Waals surface area contributed by atoms with Crippen LogP contribution in [0.4, 0.5) is 24.7 Å². The maximum atomic E-state index is 13.8. The molecule has 2 aliphatic rings. The Hall–Kier alpha value is -3.58. The zero-order valence-corrected chi connectivity index (χ0v) is 22.3. The third kappa shape index (κ3) is 5.08. The summed E-state index contributed by atoms with van der Waals surface area (Å²) >= 11 is 6.62. The maximum Gasteiger partial charge on any atom is 0.416 e. The quantitative estimate of drug-likeness (QED) is 0.475. The second-order valence-corrected chi connectivity index (χ2v) is 9.99. The number of fused-ring (bicyclic) bond motifs is 2. The van der Waals surface area contributed by atoms with Crippen LogP contribution in [0.15, 0.2) is 18.2 Å². The van der Waals surface area contributed by atoms with Gasteiger partial charge in [-0.15, -0.1) is 0 Å². The molecule has 1 atom stereocenters. The predicted molar refractivity (Wildman–Crippen MR) is 137 cm³/mol. The van der Waals surface area contributed by atoms with Crippen LogP contribution in [0, 0.1) is 0 Å². The average Bonchev–Trinajstić information content (AvgIpc) is 3.06. The summed E-state index contributed by atoms with van der Waals surface area (Å²) in [5.41, 5.74) is 7.20. The highest BCUT2D eigenvalue weighted by Crippen LogP contribution is 2.41. The van der Waals surface area contributed by atoms with Crippen LogP contribution in [0.3, 0.4) is 0 Å². The minimum Gasteiger partial charge on any atom is -0.467 e. The van der Waals surface area contributed by atoms with E-state index in [2.05, 4.69) is 15.1 Å². The summed E-state index contributed by atoms with van der Waals surface area (Å²) in [6.45, 7) is 1.42. The first-order valence-corrected chi connectivity index (χ1v) is 12.6. The molecule has 0 bridgehead atoms. The standard InChI is InChI=1S/C25H27ClF3N7O3/c1-34(2)23(37)21-20(26)18-11-35(7-4-8-36(18)33-21)22-15-12-39-19(10-17(15)31-24(32-22)38-3)14-9-13(30)5-6-16(14)25(27,28)29/h5-6,9,19H,4,7-8,10-12,30H2,1-3H3. The summed E-state index contributed by atoms with van der Waals surface area (Å²) in [6, 6.07) is 3.57. The first-order valence-electron chi connectivity index (χ1n) is 12.2. The number of amides is 1. The van der Waals surface area contributed by atoms with Crippen LogP contribution < -0.4 is 15.4 Å². The molecule has 0 radical (unpaired) electrons. The Morgan fingerprint density at radius 1 is 1.26 bits per heavy atom. The molecule has 0 spiro atoms. The summed E-state index contributed by atoms with van der Waals surface area (Å²) in [4.78, 5) is 25.0. The molecule has 1 aromatic carbocycles. The lowest BCUT2D eigenvalue weighted by Crippen LogP contribution is -2.29. The number of ether oxygens (including phenoxy) is 2. The highest BCUT2D eigenvalue weighted by atomic mass is 35.5. The van der Waals surface area contributed by atoms with Crippen molar-refractivity contribution >= 4 is 29.0 Å². The molecule has 10 nitrogen and oxygen atoms in total. The van der Waals surface area contributed by atoms with Crippen molar-refractivity contribution in [2.45, 2.75) is 44.8 Å². The van der Waals surface area contributed by atoms with Gasteiger partial charge in [-0.1, -0.05) is 11.6 Å². The second-order valence-electron chi connectivity index (χ2n) is 9.61. The zero-order chi connectivity index (χ0) is 28.1. The van der Waals surface area contributed by atoms with Gasteiger partial charge < -0.3 is 25.0 Å². The molecule has 0 saturated carbocycles. The van der Waals surface area contributed by atoms with Gasteiger partial charge in [0, 0.05) is 44.9 Å². The predicted octanol–water partition coefficient (Wildman–Crippen LogP) is 3.86. The number of anilines is 2. The number of hydrogen-bond acceptors (Lipinski definition) is 8. The minimum atomic E-state index is -4.57. The van der Waals surface area contributed by atoms with Gasteiger partial charge in [0.05, 0.1) is 48.3 Å². The van der Waals surface area contributed by atoms with Crippen LogP contribution in [0.5, 0.6) is 6.01 Å². The molecule has 2 N–H and O–H groups in total. The fourth-order valence-corrected chi connectivity index (χ4v) is 5.18. The van der Waals surface area contributed by atoms with E-state index in [1.54, 1.807) is 18.8 Å². The van der Waals surface area contributed by atoms with Gasteiger partial charge >= 0.3 is 12.2 Å². The van der Waals surface area contributed by atoms with Crippen LogP contribution in [0.1, 0.15) is 51.1 Å². The summed E-state index contributed by atoms with van der Waals surface area (Å²) < 4.78 is 54.3. The Labute approximate surface area is 227 Å². The Balaban J connectivity index is 1.51. The largest absolute Gasteiger partial charge is 0.467 e. The topological polar surface area (TPSA) is 112 Å². The second kappa shape index (κ2) is 10.2. The molecule has 208 valence electrons. The lowest BCUT2D eigenvalue weighted by Gasteiger charge is -2.31. The summed E-state index contributed by atoms with van der Waals surface area (Å²) in [5, 5.41) is 4.71. The fourth-order valence-electron chi connectivity index (χ4n) is 4.90. The van der Waals surface area contributed by atoms with E-state index >= 15 is 0 Å². The lowest BCUT2D eigenvalue weighted by molar-refractivity contribution is -0.139. The van der Waals surface area contributed by atoms with Crippen molar-refractivity contribution in [3.63, 3.8) is 0 Å². The molecule has 0 aliphatic carbocycles. The molecule has 0 fully saturated rings. The van der Waals surface area contributed by atoms with Gasteiger partial charge in [0.2, 0.25) is 0 Å². The molecule has 1 amide bonds. The molecule has 14 heteroatoms. The number of halogens is 4. The monoisotopic (exact) mass is 565 g/mol. The van der Waals surface area contributed by atoms with Crippen LogP contribution >= 0.6 is 11.6 Å². The molecule has 39 heavy (non-hydrogen) atoms. The van der Waals surface area contributed by atoms with Crippen molar-refractivity contribution < 1.29 is 27.4 Å². The van der Waals surface area contributed by atoms with Crippen molar-refractivity contribution in [3.05, 3.63) is 57.0 Å². The van der Waals surface area contributed by atoms with Gasteiger partial charge in [-0.25, -0.2) is 0 Å². The number of aromatic nitrogens is 4. The number of aryl methyl sites for hydroxylation is 1. The normalized spacial score (nSPS) is 17.3. The molecular formula is C25H27ClF3N7O3. The minimum absolute atomic E-state index is 0.0146. The number of methoxy groups -OCH3 is 1. The third-order valence-electron chi connectivity index (χ3n) is 6.81. The Bertz CT molecular complexity index is 1430. The number of alkyl halides is 3. The van der Waals surface area contributed by atoms with Crippen molar-refractivity contribution in [3.8, 4) is 6.01 Å². The number of rotatable bonds is 4. The Morgan fingerprint density at radius 2 is 2.03 bits per heavy atom. The maximum absolute atomic E-state index is 13.8. The van der Waals surface area contributed by atoms with Crippen molar-refractivity contribution in [1.82, 2.24) is 24.6 Å². The van der Waals surface area contributed by atoms with E-state index in [1.165, 1.54) is 24.1 Å². The molecule has 2 aromatic heterocycles. The number of nitrogens with two attached hydrogens (primary N) is 1. The van der Waals surface area contributed by atoms with Gasteiger partial charge in [-0.3, -0.25) is 9.48 Å². The van der Waals surface area contributed by atoms with Gasteiger partial charge in [0.25, 0.3) is 5.91 Å². The first kappa shape index (κ1) is 27.0. The van der Waals surface area contributed by atoms with E-state index in [0.717, 1.165) is 6.07 Å². The smallest absolute Gasteiger partial charge is 0.416 e. The van der Waals surface area contributed by atoms with E-state index < -0.39 is 17.8 Å². The van der Waals surface area contributed by atoms with Crippen LogP contribution in [0.2, 0.25) is 5.02 Å². The number of benzene rings is 1. The zero-order valence-electron chi connectivity index (χ0n) is 21.5. The van der Waals surface area contributed by atoms with Crippen molar-refractivity contribution in [1.29, 1.82) is 0 Å². The highest BCUT2D eigenvalue weighted by Gasteiger charge is 2.38. The van der Waals surface area contributed by atoms with E-state index in [9.17, 15) is 18.0 Å². The van der Waals surface area contributed by atoms with Crippen LogP contribution in [0.25, 0.3) is 0 Å². The molecule has 1 unspecified atom stereocenters. The summed E-state index contributed by atoms with van der Waals surface area (Å²) in [5.74, 6) is 0.234. The van der Waals surface area contributed by atoms with Gasteiger partial charge in [-0.05, 0) is 30.2 Å². The molecule has 0 saturated heterocycles. The third-order valence-corrected chi connectivity index (χ3v) is 7.21.